The van der Waals surface area contributed by atoms with Crippen molar-refractivity contribution in [1.82, 2.24) is 4.90 Å². The summed E-state index contributed by atoms with van der Waals surface area (Å²) in [5, 5.41) is 5.18. The van der Waals surface area contributed by atoms with Crippen LogP contribution in [0.4, 0.5) is 5.69 Å². The van der Waals surface area contributed by atoms with Crippen LogP contribution in [0.15, 0.2) is 23.1 Å². The van der Waals surface area contributed by atoms with Gasteiger partial charge in [0.05, 0.1) is 18.1 Å². The number of ether oxygens (including phenoxy) is 1. The van der Waals surface area contributed by atoms with E-state index in [4.69, 9.17) is 9.88 Å². The Morgan fingerprint density at radius 2 is 1.90 bits per heavy atom. The summed E-state index contributed by atoms with van der Waals surface area (Å²) in [5.41, 5.74) is 2.21. The number of nitrogens with zero attached hydrogens (tertiary/aromatic N) is 2. The number of fused-ring (bicyclic) bond motifs is 1. The van der Waals surface area contributed by atoms with Crippen molar-refractivity contribution in [3.63, 3.8) is 0 Å². The smallest absolute Gasteiger partial charge is 0.238 e. The molecule has 3 rings (SSSR count). The van der Waals surface area contributed by atoms with E-state index >= 15 is 0 Å². The third kappa shape index (κ3) is 3.37. The average molecular weight is 311 g/mol. The molecule has 2 aliphatic rings. The predicted molar refractivity (Wildman–Crippen MR) is 81.0 cm³/mol. The van der Waals surface area contributed by atoms with E-state index in [-0.39, 0.29) is 4.90 Å². The first-order chi connectivity index (χ1) is 10.0. The van der Waals surface area contributed by atoms with Crippen LogP contribution < -0.4 is 10.0 Å². The van der Waals surface area contributed by atoms with Gasteiger partial charge in [0.1, 0.15) is 0 Å². The first kappa shape index (κ1) is 14.8. The third-order valence-corrected chi connectivity index (χ3v) is 5.07. The van der Waals surface area contributed by atoms with E-state index in [1.165, 1.54) is 0 Å². The summed E-state index contributed by atoms with van der Waals surface area (Å²) < 4.78 is 28.1. The van der Waals surface area contributed by atoms with Gasteiger partial charge in [0, 0.05) is 38.4 Å². The summed E-state index contributed by atoms with van der Waals surface area (Å²) in [4.78, 5) is 4.93. The van der Waals surface area contributed by atoms with Crippen molar-refractivity contribution in [2.45, 2.75) is 11.3 Å². The van der Waals surface area contributed by atoms with E-state index in [1.807, 2.05) is 6.07 Å². The molecule has 21 heavy (non-hydrogen) atoms. The summed E-state index contributed by atoms with van der Waals surface area (Å²) in [5.74, 6) is 0. The van der Waals surface area contributed by atoms with Crippen molar-refractivity contribution in [2.75, 3.05) is 50.8 Å². The van der Waals surface area contributed by atoms with Gasteiger partial charge >= 0.3 is 0 Å². The number of hydrogen-bond acceptors (Lipinski definition) is 5. The number of morpholine rings is 1. The Morgan fingerprint density at radius 3 is 2.62 bits per heavy atom. The molecule has 1 aromatic carbocycles. The zero-order valence-corrected chi connectivity index (χ0v) is 12.8. The number of nitrogens with two attached hydrogens (primary N) is 1. The maximum absolute atomic E-state index is 11.4. The SMILES string of the molecule is NS(=O)(=O)c1ccc2c(c1)CCN2CCN1CCOCC1. The van der Waals surface area contributed by atoms with Gasteiger partial charge in [0.25, 0.3) is 0 Å². The number of sulfonamides is 1. The Balaban J connectivity index is 1.66. The molecule has 2 heterocycles. The fourth-order valence-corrected chi connectivity index (χ4v) is 3.51. The molecule has 0 bridgehead atoms. The Morgan fingerprint density at radius 1 is 1.14 bits per heavy atom. The van der Waals surface area contributed by atoms with E-state index in [9.17, 15) is 8.42 Å². The second-order valence-corrected chi connectivity index (χ2v) is 7.09. The lowest BCUT2D eigenvalue weighted by molar-refractivity contribution is 0.0392. The number of rotatable bonds is 4. The summed E-state index contributed by atoms with van der Waals surface area (Å²) in [7, 11) is -3.61. The lowest BCUT2D eigenvalue weighted by Crippen LogP contribution is -2.41. The highest BCUT2D eigenvalue weighted by atomic mass is 32.2. The maximum atomic E-state index is 11.4. The Labute approximate surface area is 125 Å². The molecule has 0 amide bonds. The van der Waals surface area contributed by atoms with Crippen molar-refractivity contribution in [3.05, 3.63) is 23.8 Å². The van der Waals surface area contributed by atoms with Crippen molar-refractivity contribution in [2.24, 2.45) is 5.14 Å². The summed E-state index contributed by atoms with van der Waals surface area (Å²) in [6.45, 7) is 6.52. The number of anilines is 1. The summed E-state index contributed by atoms with van der Waals surface area (Å²) >= 11 is 0. The Hall–Kier alpha value is -1.15. The monoisotopic (exact) mass is 311 g/mol. The van der Waals surface area contributed by atoms with Crippen LogP contribution in [0.1, 0.15) is 5.56 Å². The fourth-order valence-electron chi connectivity index (χ4n) is 2.94. The number of hydrogen-bond donors (Lipinski definition) is 1. The van der Waals surface area contributed by atoms with E-state index < -0.39 is 10.0 Å². The van der Waals surface area contributed by atoms with Crippen molar-refractivity contribution in [3.8, 4) is 0 Å². The molecule has 1 saturated heterocycles. The minimum absolute atomic E-state index is 0.205. The van der Waals surface area contributed by atoms with Crippen molar-refractivity contribution < 1.29 is 13.2 Å². The van der Waals surface area contributed by atoms with Gasteiger partial charge in [-0.05, 0) is 30.2 Å². The Bertz CT molecular complexity index is 612. The lowest BCUT2D eigenvalue weighted by atomic mass is 10.2. The number of benzene rings is 1. The zero-order chi connectivity index (χ0) is 14.9. The van der Waals surface area contributed by atoms with Crippen molar-refractivity contribution >= 4 is 15.7 Å². The molecule has 1 aromatic rings. The summed E-state index contributed by atoms with van der Waals surface area (Å²) in [6, 6.07) is 5.18. The van der Waals surface area contributed by atoms with E-state index in [2.05, 4.69) is 9.80 Å². The van der Waals surface area contributed by atoms with E-state index in [0.717, 1.165) is 63.6 Å². The molecule has 6 nitrogen and oxygen atoms in total. The van der Waals surface area contributed by atoms with Crippen LogP contribution in [0.2, 0.25) is 0 Å². The van der Waals surface area contributed by atoms with Gasteiger partial charge in [0.15, 0.2) is 0 Å². The lowest BCUT2D eigenvalue weighted by Gasteiger charge is -2.29. The first-order valence-corrected chi connectivity index (χ1v) is 8.79. The molecular weight excluding hydrogens is 290 g/mol. The molecule has 0 radical (unpaired) electrons. The van der Waals surface area contributed by atoms with Gasteiger partial charge in [-0.1, -0.05) is 0 Å². The maximum Gasteiger partial charge on any atom is 0.238 e. The zero-order valence-electron chi connectivity index (χ0n) is 12.0. The number of primary sulfonamides is 1. The van der Waals surface area contributed by atoms with Gasteiger partial charge in [-0.15, -0.1) is 0 Å². The minimum atomic E-state index is -3.61. The second-order valence-electron chi connectivity index (χ2n) is 5.53. The standard InChI is InChI=1S/C14H21N3O3S/c15-21(18,19)13-1-2-14-12(11-13)3-4-17(14)6-5-16-7-9-20-10-8-16/h1-2,11H,3-10H2,(H2,15,18,19). The van der Waals surface area contributed by atoms with Crippen LogP contribution >= 0.6 is 0 Å². The van der Waals surface area contributed by atoms with E-state index in [1.54, 1.807) is 12.1 Å². The fraction of sp³-hybridized carbons (Fsp3) is 0.571. The molecule has 1 fully saturated rings. The highest BCUT2D eigenvalue weighted by Gasteiger charge is 2.22. The molecule has 0 aromatic heterocycles. The predicted octanol–water partition coefficient (Wildman–Crippen LogP) is 0.0287. The molecule has 0 aliphatic carbocycles. The molecule has 0 spiro atoms. The Kier molecular flexibility index (Phi) is 4.17. The van der Waals surface area contributed by atoms with Crippen LogP contribution in [0.3, 0.4) is 0 Å². The van der Waals surface area contributed by atoms with Crippen LogP contribution in [0.5, 0.6) is 0 Å². The molecule has 2 aliphatic heterocycles. The van der Waals surface area contributed by atoms with E-state index in [0.29, 0.717) is 0 Å². The van der Waals surface area contributed by atoms with Crippen LogP contribution in [-0.4, -0.2) is 59.3 Å². The van der Waals surface area contributed by atoms with Crippen LogP contribution in [0.25, 0.3) is 0 Å². The largest absolute Gasteiger partial charge is 0.379 e. The highest BCUT2D eigenvalue weighted by molar-refractivity contribution is 7.89. The normalized spacial score (nSPS) is 19.8. The van der Waals surface area contributed by atoms with Crippen molar-refractivity contribution in [1.29, 1.82) is 0 Å². The molecule has 0 atom stereocenters. The molecule has 7 heteroatoms. The highest BCUT2D eigenvalue weighted by Crippen LogP contribution is 2.29. The molecule has 116 valence electrons. The molecule has 0 unspecified atom stereocenters. The first-order valence-electron chi connectivity index (χ1n) is 7.25. The minimum Gasteiger partial charge on any atom is -0.379 e. The topological polar surface area (TPSA) is 75.9 Å². The second kappa shape index (κ2) is 5.92. The van der Waals surface area contributed by atoms with Gasteiger partial charge in [0.2, 0.25) is 10.0 Å². The summed E-state index contributed by atoms with van der Waals surface area (Å²) in [6.07, 6.45) is 0.877. The van der Waals surface area contributed by atoms with Gasteiger partial charge in [-0.25, -0.2) is 13.6 Å². The van der Waals surface area contributed by atoms with Gasteiger partial charge in [-0.3, -0.25) is 4.90 Å². The molecule has 0 saturated carbocycles. The van der Waals surface area contributed by atoms with Gasteiger partial charge in [-0.2, -0.15) is 0 Å². The molecular formula is C14H21N3O3S. The third-order valence-electron chi connectivity index (χ3n) is 4.16. The molecule has 2 N–H and O–H groups in total. The van der Waals surface area contributed by atoms with Crippen LogP contribution in [-0.2, 0) is 21.2 Å². The van der Waals surface area contributed by atoms with Crippen LogP contribution in [0, 0.1) is 0 Å². The quantitative estimate of drug-likeness (QED) is 0.849. The average Bonchev–Trinajstić information content (AvgIpc) is 2.87. The van der Waals surface area contributed by atoms with Gasteiger partial charge < -0.3 is 9.64 Å².